The zero-order chi connectivity index (χ0) is 8.32. The summed E-state index contributed by atoms with van der Waals surface area (Å²) in [4.78, 5) is 0. The molecule has 0 aromatic carbocycles. The van der Waals surface area contributed by atoms with Crippen molar-refractivity contribution in [1.29, 1.82) is 0 Å². The van der Waals surface area contributed by atoms with E-state index < -0.39 is 0 Å². The van der Waals surface area contributed by atoms with E-state index in [0.717, 1.165) is 12.2 Å². The summed E-state index contributed by atoms with van der Waals surface area (Å²) in [7, 11) is 0. The van der Waals surface area contributed by atoms with Crippen LogP contribution in [0.4, 0.5) is 0 Å². The molecule has 0 atom stereocenters. The van der Waals surface area contributed by atoms with Crippen LogP contribution in [0.3, 0.4) is 0 Å². The minimum Gasteiger partial charge on any atom is -0.361 e. The number of aromatic nitrogens is 1. The van der Waals surface area contributed by atoms with E-state index in [9.17, 15) is 0 Å². The van der Waals surface area contributed by atoms with Gasteiger partial charge in [-0.3, -0.25) is 0 Å². The van der Waals surface area contributed by atoms with Crippen LogP contribution in [0.25, 0.3) is 0 Å². The molecule has 0 saturated carbocycles. The molecule has 1 heterocycles. The largest absolute Gasteiger partial charge is 0.361 e. The smallest absolute Gasteiger partial charge is 0.142 e. The lowest BCUT2D eigenvalue weighted by molar-refractivity contribution is 0.303. The number of hydrogen-bond donors (Lipinski definition) is 0. The SMILES string of the molecule is CCCC(C)(C)c1ccno1. The Morgan fingerprint density at radius 3 is 2.73 bits per heavy atom. The van der Waals surface area contributed by atoms with Gasteiger partial charge in [-0.1, -0.05) is 32.3 Å². The maximum Gasteiger partial charge on any atom is 0.142 e. The van der Waals surface area contributed by atoms with Crippen LogP contribution in [-0.2, 0) is 5.41 Å². The van der Waals surface area contributed by atoms with Gasteiger partial charge in [0.2, 0.25) is 0 Å². The van der Waals surface area contributed by atoms with Crippen molar-refractivity contribution in [3.63, 3.8) is 0 Å². The molecule has 1 aromatic heterocycles. The van der Waals surface area contributed by atoms with E-state index >= 15 is 0 Å². The molecule has 0 aliphatic rings. The molecule has 0 bridgehead atoms. The average molecular weight is 153 g/mol. The van der Waals surface area contributed by atoms with E-state index in [4.69, 9.17) is 4.52 Å². The van der Waals surface area contributed by atoms with E-state index in [1.54, 1.807) is 6.20 Å². The van der Waals surface area contributed by atoms with E-state index in [-0.39, 0.29) is 5.41 Å². The fourth-order valence-corrected chi connectivity index (χ4v) is 1.31. The lowest BCUT2D eigenvalue weighted by Crippen LogP contribution is -2.15. The van der Waals surface area contributed by atoms with Crippen LogP contribution in [0.15, 0.2) is 16.8 Å². The first-order valence-corrected chi connectivity index (χ1v) is 4.08. The van der Waals surface area contributed by atoms with Gasteiger partial charge in [-0.25, -0.2) is 0 Å². The Morgan fingerprint density at radius 2 is 2.27 bits per heavy atom. The highest BCUT2D eigenvalue weighted by Gasteiger charge is 2.22. The molecule has 62 valence electrons. The lowest BCUT2D eigenvalue weighted by atomic mass is 9.85. The summed E-state index contributed by atoms with van der Waals surface area (Å²) in [5, 5.41) is 3.70. The van der Waals surface area contributed by atoms with Gasteiger partial charge in [-0.05, 0) is 6.42 Å². The van der Waals surface area contributed by atoms with Crippen LogP contribution in [-0.4, -0.2) is 5.16 Å². The summed E-state index contributed by atoms with van der Waals surface area (Å²) in [5.41, 5.74) is 0.144. The van der Waals surface area contributed by atoms with Gasteiger partial charge in [0.25, 0.3) is 0 Å². The van der Waals surface area contributed by atoms with Crippen molar-refractivity contribution >= 4 is 0 Å². The number of rotatable bonds is 3. The molecule has 1 rings (SSSR count). The summed E-state index contributed by atoms with van der Waals surface area (Å²) in [5.74, 6) is 0.986. The first-order valence-electron chi connectivity index (χ1n) is 4.08. The van der Waals surface area contributed by atoms with Crippen LogP contribution in [0.1, 0.15) is 39.4 Å². The molecule has 0 radical (unpaired) electrons. The fourth-order valence-electron chi connectivity index (χ4n) is 1.31. The summed E-state index contributed by atoms with van der Waals surface area (Å²) in [6.45, 7) is 6.53. The Morgan fingerprint density at radius 1 is 1.55 bits per heavy atom. The molecule has 0 aliphatic heterocycles. The predicted octanol–water partition coefficient (Wildman–Crippen LogP) is 2.75. The molecule has 0 saturated heterocycles. The average Bonchev–Trinajstić information content (AvgIpc) is 2.37. The Labute approximate surface area is 67.6 Å². The van der Waals surface area contributed by atoms with Crippen molar-refractivity contribution in [1.82, 2.24) is 5.16 Å². The molecule has 0 unspecified atom stereocenters. The third-order valence-corrected chi connectivity index (χ3v) is 1.98. The number of hydrogen-bond acceptors (Lipinski definition) is 2. The van der Waals surface area contributed by atoms with Crippen molar-refractivity contribution in [2.45, 2.75) is 39.0 Å². The van der Waals surface area contributed by atoms with E-state index in [0.29, 0.717) is 0 Å². The molecule has 0 spiro atoms. The van der Waals surface area contributed by atoms with E-state index in [1.165, 1.54) is 6.42 Å². The van der Waals surface area contributed by atoms with Gasteiger partial charge in [-0.15, -0.1) is 0 Å². The summed E-state index contributed by atoms with van der Waals surface area (Å²) in [6, 6.07) is 1.94. The van der Waals surface area contributed by atoms with Gasteiger partial charge in [-0.2, -0.15) is 0 Å². The molecule has 2 nitrogen and oxygen atoms in total. The van der Waals surface area contributed by atoms with E-state index in [1.807, 2.05) is 6.07 Å². The first-order chi connectivity index (χ1) is 5.17. The summed E-state index contributed by atoms with van der Waals surface area (Å²) in [6.07, 6.45) is 4.02. The summed E-state index contributed by atoms with van der Waals surface area (Å²) >= 11 is 0. The maximum absolute atomic E-state index is 5.10. The second-order valence-corrected chi connectivity index (χ2v) is 3.51. The van der Waals surface area contributed by atoms with Crippen LogP contribution in [0.2, 0.25) is 0 Å². The van der Waals surface area contributed by atoms with Crippen molar-refractivity contribution in [2.75, 3.05) is 0 Å². The number of nitrogens with zero attached hydrogens (tertiary/aromatic N) is 1. The molecule has 0 fully saturated rings. The minimum absolute atomic E-state index is 0.144. The van der Waals surface area contributed by atoms with E-state index in [2.05, 4.69) is 25.9 Å². The third-order valence-electron chi connectivity index (χ3n) is 1.98. The van der Waals surface area contributed by atoms with Crippen molar-refractivity contribution in [3.05, 3.63) is 18.0 Å². The van der Waals surface area contributed by atoms with Crippen LogP contribution in [0.5, 0.6) is 0 Å². The third kappa shape index (κ3) is 1.82. The molecule has 0 N–H and O–H groups in total. The molecule has 0 aliphatic carbocycles. The molecular weight excluding hydrogens is 138 g/mol. The van der Waals surface area contributed by atoms with Crippen molar-refractivity contribution in [3.8, 4) is 0 Å². The zero-order valence-corrected chi connectivity index (χ0v) is 7.42. The Kier molecular flexibility index (Phi) is 2.32. The Balaban J connectivity index is 2.73. The van der Waals surface area contributed by atoms with Gasteiger partial charge >= 0.3 is 0 Å². The fraction of sp³-hybridized carbons (Fsp3) is 0.667. The second kappa shape index (κ2) is 3.07. The topological polar surface area (TPSA) is 26.0 Å². The Bertz CT molecular complexity index is 201. The van der Waals surface area contributed by atoms with Gasteiger partial charge in [0.05, 0.1) is 6.20 Å². The molecule has 11 heavy (non-hydrogen) atoms. The summed E-state index contributed by atoms with van der Waals surface area (Å²) < 4.78 is 5.10. The highest BCUT2D eigenvalue weighted by Crippen LogP contribution is 2.27. The molecule has 1 aromatic rings. The lowest BCUT2D eigenvalue weighted by Gasteiger charge is -2.19. The van der Waals surface area contributed by atoms with Crippen molar-refractivity contribution < 1.29 is 4.52 Å². The van der Waals surface area contributed by atoms with Gasteiger partial charge in [0.1, 0.15) is 5.76 Å². The van der Waals surface area contributed by atoms with Gasteiger partial charge < -0.3 is 4.52 Å². The Hall–Kier alpha value is -0.790. The highest BCUT2D eigenvalue weighted by atomic mass is 16.5. The normalized spacial score (nSPS) is 11.9. The molecule has 2 heteroatoms. The molecule has 0 amide bonds. The first kappa shape index (κ1) is 8.31. The van der Waals surface area contributed by atoms with Crippen molar-refractivity contribution in [2.24, 2.45) is 0 Å². The van der Waals surface area contributed by atoms with Crippen LogP contribution >= 0.6 is 0 Å². The maximum atomic E-state index is 5.10. The van der Waals surface area contributed by atoms with Gasteiger partial charge in [0, 0.05) is 11.5 Å². The predicted molar refractivity (Wildman–Crippen MR) is 44.4 cm³/mol. The quantitative estimate of drug-likeness (QED) is 0.667. The van der Waals surface area contributed by atoms with Crippen LogP contribution in [0, 0.1) is 0 Å². The standard InChI is InChI=1S/C9H15NO/c1-4-6-9(2,3)8-5-7-10-11-8/h5,7H,4,6H2,1-3H3. The van der Waals surface area contributed by atoms with Gasteiger partial charge in [0.15, 0.2) is 0 Å². The monoisotopic (exact) mass is 153 g/mol. The zero-order valence-electron chi connectivity index (χ0n) is 7.42. The minimum atomic E-state index is 0.144. The molecular formula is C9H15NO. The second-order valence-electron chi connectivity index (χ2n) is 3.51. The van der Waals surface area contributed by atoms with Crippen LogP contribution < -0.4 is 0 Å². The highest BCUT2D eigenvalue weighted by molar-refractivity contribution is 5.07.